The molecule has 0 aliphatic carbocycles. The molecule has 0 fully saturated rings. The van der Waals surface area contributed by atoms with Crippen LogP contribution in [-0.2, 0) is 0 Å². The van der Waals surface area contributed by atoms with Gasteiger partial charge in [-0.05, 0) is 18.0 Å². The van der Waals surface area contributed by atoms with Gasteiger partial charge in [0.15, 0.2) is 0 Å². The van der Waals surface area contributed by atoms with Gasteiger partial charge in [-0.15, -0.1) is 0 Å². The molecule has 0 aromatic heterocycles. The smallest absolute Gasteiger partial charge is 0.295 e. The minimum atomic E-state index is -0.802. The Morgan fingerprint density at radius 1 is 1.53 bits per heavy atom. The van der Waals surface area contributed by atoms with Crippen molar-refractivity contribution in [2.75, 3.05) is 25.0 Å². The van der Waals surface area contributed by atoms with Crippen molar-refractivity contribution in [1.82, 2.24) is 0 Å². The zero-order chi connectivity index (χ0) is 14.8. The summed E-state index contributed by atoms with van der Waals surface area (Å²) in [5.74, 6) is -0.802. The van der Waals surface area contributed by atoms with Gasteiger partial charge in [0.1, 0.15) is 11.5 Å². The normalized spacial score (nSPS) is 11.5. The van der Waals surface area contributed by atoms with Crippen LogP contribution in [0.3, 0.4) is 0 Å². The third-order valence-electron chi connectivity index (χ3n) is 2.84. The number of rotatable bonds is 5. The van der Waals surface area contributed by atoms with Gasteiger partial charge in [0.25, 0.3) is 5.69 Å². The Kier molecular flexibility index (Phi) is 4.70. The molecule has 0 aliphatic rings. The van der Waals surface area contributed by atoms with Crippen molar-refractivity contribution >= 4 is 23.0 Å². The third kappa shape index (κ3) is 3.78. The molecule has 19 heavy (non-hydrogen) atoms. The second-order valence-electron chi connectivity index (χ2n) is 5.24. The average Bonchev–Trinajstić information content (AvgIpc) is 2.31. The van der Waals surface area contributed by atoms with Crippen molar-refractivity contribution in [2.24, 2.45) is 11.1 Å². The molecule has 106 valence electrons. The number of anilines is 1. The molecule has 1 rings (SSSR count). The van der Waals surface area contributed by atoms with E-state index in [0.29, 0.717) is 13.1 Å². The lowest BCUT2D eigenvalue weighted by atomic mass is 9.93. The number of hydrogen-bond donors (Lipinski definition) is 1. The van der Waals surface area contributed by atoms with Gasteiger partial charge in [0, 0.05) is 13.6 Å². The number of nitro groups is 1. The molecule has 0 saturated carbocycles. The third-order valence-corrected chi connectivity index (χ3v) is 3.13. The molecule has 5 nitrogen and oxygen atoms in total. The summed E-state index contributed by atoms with van der Waals surface area (Å²) in [5.41, 5.74) is 5.39. The number of hydrogen-bond acceptors (Lipinski definition) is 4. The van der Waals surface area contributed by atoms with E-state index >= 15 is 0 Å². The molecule has 0 unspecified atom stereocenters. The Balaban J connectivity index is 3.18. The molecule has 7 heteroatoms. The second-order valence-corrected chi connectivity index (χ2v) is 5.64. The molecule has 0 saturated heterocycles. The fourth-order valence-corrected chi connectivity index (χ4v) is 1.93. The van der Waals surface area contributed by atoms with Crippen molar-refractivity contribution in [2.45, 2.75) is 13.8 Å². The molecule has 0 heterocycles. The standard InChI is InChI=1S/C12H17ClFN3O2/c1-12(2,6-15)7-16(3)10-4-8(13)9(14)5-11(10)17(18)19/h4-5H,6-7,15H2,1-3H3. The zero-order valence-corrected chi connectivity index (χ0v) is 11.9. The van der Waals surface area contributed by atoms with Crippen LogP contribution >= 0.6 is 11.6 Å². The predicted molar refractivity (Wildman–Crippen MR) is 74.2 cm³/mol. The van der Waals surface area contributed by atoms with Gasteiger partial charge in [-0.25, -0.2) is 4.39 Å². The van der Waals surface area contributed by atoms with Gasteiger partial charge in [-0.2, -0.15) is 0 Å². The molecule has 0 atom stereocenters. The van der Waals surface area contributed by atoms with E-state index in [9.17, 15) is 14.5 Å². The number of nitrogens with zero attached hydrogens (tertiary/aromatic N) is 2. The van der Waals surface area contributed by atoms with E-state index in [1.165, 1.54) is 6.07 Å². The molecule has 1 aromatic rings. The Morgan fingerprint density at radius 2 is 2.11 bits per heavy atom. The van der Waals surface area contributed by atoms with Gasteiger partial charge < -0.3 is 10.6 Å². The highest BCUT2D eigenvalue weighted by molar-refractivity contribution is 6.31. The Morgan fingerprint density at radius 3 is 2.58 bits per heavy atom. The highest BCUT2D eigenvalue weighted by atomic mass is 35.5. The zero-order valence-electron chi connectivity index (χ0n) is 11.1. The number of nitrogens with two attached hydrogens (primary N) is 1. The first kappa shape index (κ1) is 15.7. The second kappa shape index (κ2) is 5.71. The number of halogens is 2. The summed E-state index contributed by atoms with van der Waals surface area (Å²) >= 11 is 5.69. The summed E-state index contributed by atoms with van der Waals surface area (Å²) in [4.78, 5) is 12.0. The van der Waals surface area contributed by atoms with Crippen molar-refractivity contribution in [3.05, 3.63) is 33.1 Å². The number of benzene rings is 1. The van der Waals surface area contributed by atoms with Crippen LogP contribution in [0.4, 0.5) is 15.8 Å². The highest BCUT2D eigenvalue weighted by Crippen LogP contribution is 2.33. The summed E-state index contributed by atoms with van der Waals surface area (Å²) in [7, 11) is 1.69. The summed E-state index contributed by atoms with van der Waals surface area (Å²) in [6.07, 6.45) is 0. The maximum absolute atomic E-state index is 13.3. The molecule has 0 spiro atoms. The Hall–Kier alpha value is -1.40. The SMILES string of the molecule is CN(CC(C)(C)CN)c1cc(Cl)c(F)cc1[N+](=O)[O-]. The van der Waals surface area contributed by atoms with Gasteiger partial charge in [0.2, 0.25) is 0 Å². The molecule has 0 radical (unpaired) electrons. The maximum atomic E-state index is 13.3. The molecule has 0 aliphatic heterocycles. The minimum Gasteiger partial charge on any atom is -0.368 e. The minimum absolute atomic E-state index is 0.141. The Bertz CT molecular complexity index is 494. The first-order valence-electron chi connectivity index (χ1n) is 5.72. The van der Waals surface area contributed by atoms with E-state index in [1.807, 2.05) is 13.8 Å². The van der Waals surface area contributed by atoms with Crippen LogP contribution in [0, 0.1) is 21.3 Å². The van der Waals surface area contributed by atoms with Crippen LogP contribution in [0.25, 0.3) is 0 Å². The van der Waals surface area contributed by atoms with Crippen LogP contribution in [0.5, 0.6) is 0 Å². The predicted octanol–water partition coefficient (Wildman–Crippen LogP) is 2.81. The molecular formula is C12H17ClFN3O2. The largest absolute Gasteiger partial charge is 0.368 e. The average molecular weight is 290 g/mol. The first-order valence-corrected chi connectivity index (χ1v) is 6.10. The monoisotopic (exact) mass is 289 g/mol. The van der Waals surface area contributed by atoms with Gasteiger partial charge in [0.05, 0.1) is 16.0 Å². The number of nitro benzene ring substituents is 1. The van der Waals surface area contributed by atoms with E-state index in [0.717, 1.165) is 6.07 Å². The van der Waals surface area contributed by atoms with Crippen molar-refractivity contribution in [3.63, 3.8) is 0 Å². The molecule has 2 N–H and O–H groups in total. The van der Waals surface area contributed by atoms with Crippen molar-refractivity contribution < 1.29 is 9.31 Å². The van der Waals surface area contributed by atoms with Crippen LogP contribution < -0.4 is 10.6 Å². The molecule has 0 amide bonds. The van der Waals surface area contributed by atoms with E-state index in [1.54, 1.807) is 11.9 Å². The topological polar surface area (TPSA) is 72.4 Å². The molecular weight excluding hydrogens is 273 g/mol. The Labute approximate surface area is 116 Å². The fourth-order valence-electron chi connectivity index (χ4n) is 1.77. The first-order chi connectivity index (χ1) is 8.68. The van der Waals surface area contributed by atoms with Crippen molar-refractivity contribution in [3.8, 4) is 0 Å². The molecule has 0 bridgehead atoms. The van der Waals surface area contributed by atoms with E-state index < -0.39 is 10.7 Å². The van der Waals surface area contributed by atoms with Crippen molar-refractivity contribution in [1.29, 1.82) is 0 Å². The van der Waals surface area contributed by atoms with Crippen LogP contribution in [0.15, 0.2) is 12.1 Å². The summed E-state index contributed by atoms with van der Waals surface area (Å²) in [6, 6.07) is 2.10. The van der Waals surface area contributed by atoms with E-state index in [-0.39, 0.29) is 21.8 Å². The lowest BCUT2D eigenvalue weighted by Gasteiger charge is -2.30. The van der Waals surface area contributed by atoms with Gasteiger partial charge >= 0.3 is 0 Å². The lowest BCUT2D eigenvalue weighted by molar-refractivity contribution is -0.384. The van der Waals surface area contributed by atoms with Gasteiger partial charge in [-0.3, -0.25) is 10.1 Å². The highest BCUT2D eigenvalue weighted by Gasteiger charge is 2.25. The molecule has 1 aromatic carbocycles. The van der Waals surface area contributed by atoms with E-state index in [2.05, 4.69) is 0 Å². The fraction of sp³-hybridized carbons (Fsp3) is 0.500. The quantitative estimate of drug-likeness (QED) is 0.668. The summed E-state index contributed by atoms with van der Waals surface area (Å²) in [6.45, 7) is 4.81. The van der Waals surface area contributed by atoms with E-state index in [4.69, 9.17) is 17.3 Å². The van der Waals surface area contributed by atoms with Crippen LogP contribution in [-0.4, -0.2) is 25.1 Å². The maximum Gasteiger partial charge on any atom is 0.295 e. The lowest BCUT2D eigenvalue weighted by Crippen LogP contribution is -2.37. The van der Waals surface area contributed by atoms with Gasteiger partial charge in [-0.1, -0.05) is 25.4 Å². The van der Waals surface area contributed by atoms with Crippen LogP contribution in [0.2, 0.25) is 5.02 Å². The van der Waals surface area contributed by atoms with Crippen LogP contribution in [0.1, 0.15) is 13.8 Å². The summed E-state index contributed by atoms with van der Waals surface area (Å²) < 4.78 is 13.3. The summed E-state index contributed by atoms with van der Waals surface area (Å²) in [5, 5.41) is 10.8.